The number of phenols is 1. The SMILES string of the molecule is COc1ccccc1OCCSc1cccc(O)c1. The number of aromatic hydroxyl groups is 1. The van der Waals surface area contributed by atoms with E-state index in [9.17, 15) is 5.11 Å². The molecule has 0 aromatic heterocycles. The van der Waals surface area contributed by atoms with Crippen LogP contribution in [0, 0.1) is 0 Å². The average molecular weight is 276 g/mol. The monoisotopic (exact) mass is 276 g/mol. The van der Waals surface area contributed by atoms with Crippen molar-refractivity contribution >= 4 is 11.8 Å². The topological polar surface area (TPSA) is 38.7 Å². The predicted molar refractivity (Wildman–Crippen MR) is 77.3 cm³/mol. The number of hydrogen-bond donors (Lipinski definition) is 1. The van der Waals surface area contributed by atoms with E-state index in [0.717, 1.165) is 22.1 Å². The van der Waals surface area contributed by atoms with Gasteiger partial charge in [-0.15, -0.1) is 11.8 Å². The number of para-hydroxylation sites is 2. The van der Waals surface area contributed by atoms with E-state index in [1.807, 2.05) is 36.4 Å². The number of benzene rings is 2. The molecule has 2 aromatic carbocycles. The highest BCUT2D eigenvalue weighted by Crippen LogP contribution is 2.26. The van der Waals surface area contributed by atoms with Crippen LogP contribution in [0.3, 0.4) is 0 Å². The number of hydrogen-bond acceptors (Lipinski definition) is 4. The third-order valence-corrected chi connectivity index (χ3v) is 3.45. The van der Waals surface area contributed by atoms with Crippen LogP contribution in [0.15, 0.2) is 53.4 Å². The van der Waals surface area contributed by atoms with E-state index in [1.54, 1.807) is 31.0 Å². The Morgan fingerprint density at radius 3 is 2.58 bits per heavy atom. The molecule has 0 aliphatic rings. The van der Waals surface area contributed by atoms with Crippen LogP contribution in [-0.4, -0.2) is 24.6 Å². The molecule has 0 atom stereocenters. The first kappa shape index (κ1) is 13.6. The summed E-state index contributed by atoms with van der Waals surface area (Å²) >= 11 is 1.64. The molecular formula is C15H16O3S. The Morgan fingerprint density at radius 1 is 1.05 bits per heavy atom. The molecule has 1 N–H and O–H groups in total. The van der Waals surface area contributed by atoms with E-state index in [4.69, 9.17) is 9.47 Å². The zero-order valence-electron chi connectivity index (χ0n) is 10.7. The van der Waals surface area contributed by atoms with Crippen LogP contribution >= 0.6 is 11.8 Å². The quantitative estimate of drug-likeness (QED) is 0.646. The van der Waals surface area contributed by atoms with Crippen LogP contribution in [0.5, 0.6) is 17.2 Å². The molecule has 0 spiro atoms. The van der Waals surface area contributed by atoms with Crippen molar-refractivity contribution in [3.63, 3.8) is 0 Å². The molecule has 0 saturated heterocycles. The van der Waals surface area contributed by atoms with E-state index in [-0.39, 0.29) is 5.75 Å². The Hall–Kier alpha value is -1.81. The molecule has 0 aliphatic carbocycles. The van der Waals surface area contributed by atoms with Gasteiger partial charge in [-0.2, -0.15) is 0 Å². The third-order valence-electron chi connectivity index (χ3n) is 2.50. The summed E-state index contributed by atoms with van der Waals surface area (Å²) < 4.78 is 10.9. The van der Waals surface area contributed by atoms with E-state index in [0.29, 0.717) is 6.61 Å². The standard InChI is InChI=1S/C15H16O3S/c1-17-14-7-2-3-8-15(14)18-9-10-19-13-6-4-5-12(16)11-13/h2-8,11,16H,9-10H2,1H3. The maximum absolute atomic E-state index is 9.35. The van der Waals surface area contributed by atoms with Gasteiger partial charge in [-0.3, -0.25) is 0 Å². The molecule has 0 fully saturated rings. The lowest BCUT2D eigenvalue weighted by Gasteiger charge is -2.10. The predicted octanol–water partition coefficient (Wildman–Crippen LogP) is 3.57. The van der Waals surface area contributed by atoms with Crippen LogP contribution < -0.4 is 9.47 Å². The maximum atomic E-state index is 9.35. The Labute approximate surface area is 117 Å². The van der Waals surface area contributed by atoms with Gasteiger partial charge in [0, 0.05) is 10.6 Å². The second kappa shape index (κ2) is 6.95. The molecule has 0 unspecified atom stereocenters. The Bertz CT molecular complexity index is 528. The lowest BCUT2D eigenvalue weighted by molar-refractivity contribution is 0.313. The average Bonchev–Trinajstić information content (AvgIpc) is 2.44. The first-order valence-corrected chi connectivity index (χ1v) is 6.96. The van der Waals surface area contributed by atoms with Crippen molar-refractivity contribution in [2.75, 3.05) is 19.5 Å². The van der Waals surface area contributed by atoms with Crippen molar-refractivity contribution in [2.45, 2.75) is 4.90 Å². The fraction of sp³-hybridized carbons (Fsp3) is 0.200. The molecule has 0 bridgehead atoms. The van der Waals surface area contributed by atoms with Crippen LogP contribution in [-0.2, 0) is 0 Å². The van der Waals surface area contributed by atoms with Gasteiger partial charge in [0.05, 0.1) is 13.7 Å². The van der Waals surface area contributed by atoms with Crippen molar-refractivity contribution in [1.29, 1.82) is 0 Å². The Kier molecular flexibility index (Phi) is 4.98. The van der Waals surface area contributed by atoms with E-state index >= 15 is 0 Å². The number of phenolic OH excluding ortho intramolecular Hbond substituents is 1. The zero-order chi connectivity index (χ0) is 13.5. The van der Waals surface area contributed by atoms with Crippen molar-refractivity contribution in [3.8, 4) is 17.2 Å². The second-order valence-electron chi connectivity index (χ2n) is 3.85. The molecule has 100 valence electrons. The summed E-state index contributed by atoms with van der Waals surface area (Å²) in [5.74, 6) is 2.59. The van der Waals surface area contributed by atoms with E-state index in [2.05, 4.69) is 0 Å². The summed E-state index contributed by atoms with van der Waals surface area (Å²) in [6.45, 7) is 0.584. The highest BCUT2D eigenvalue weighted by atomic mass is 32.2. The normalized spacial score (nSPS) is 10.2. The highest BCUT2D eigenvalue weighted by molar-refractivity contribution is 7.99. The molecule has 2 aromatic rings. The van der Waals surface area contributed by atoms with Gasteiger partial charge in [0.1, 0.15) is 5.75 Å². The number of rotatable bonds is 6. The van der Waals surface area contributed by atoms with Crippen LogP contribution in [0.4, 0.5) is 0 Å². The minimum Gasteiger partial charge on any atom is -0.508 e. The van der Waals surface area contributed by atoms with Gasteiger partial charge in [-0.05, 0) is 30.3 Å². The fourth-order valence-corrected chi connectivity index (χ4v) is 2.40. The van der Waals surface area contributed by atoms with Crippen molar-refractivity contribution in [2.24, 2.45) is 0 Å². The summed E-state index contributed by atoms with van der Waals surface area (Å²) in [6, 6.07) is 14.8. The molecule has 3 nitrogen and oxygen atoms in total. The van der Waals surface area contributed by atoms with E-state index < -0.39 is 0 Å². The first-order valence-electron chi connectivity index (χ1n) is 5.97. The highest BCUT2D eigenvalue weighted by Gasteiger charge is 2.02. The van der Waals surface area contributed by atoms with Gasteiger partial charge >= 0.3 is 0 Å². The molecule has 4 heteroatoms. The fourth-order valence-electron chi connectivity index (χ4n) is 1.62. The molecule has 19 heavy (non-hydrogen) atoms. The molecule has 2 rings (SSSR count). The van der Waals surface area contributed by atoms with Crippen LogP contribution in [0.1, 0.15) is 0 Å². The van der Waals surface area contributed by atoms with Crippen molar-refractivity contribution in [1.82, 2.24) is 0 Å². The number of thioether (sulfide) groups is 1. The first-order chi connectivity index (χ1) is 9.29. The minimum atomic E-state index is 0.288. The lowest BCUT2D eigenvalue weighted by Crippen LogP contribution is -2.01. The zero-order valence-corrected chi connectivity index (χ0v) is 11.5. The summed E-state index contributed by atoms with van der Waals surface area (Å²) in [5, 5.41) is 9.35. The smallest absolute Gasteiger partial charge is 0.161 e. The van der Waals surface area contributed by atoms with Gasteiger partial charge < -0.3 is 14.6 Å². The largest absolute Gasteiger partial charge is 0.508 e. The molecule has 0 radical (unpaired) electrons. The van der Waals surface area contributed by atoms with Gasteiger partial charge in [0.25, 0.3) is 0 Å². The van der Waals surface area contributed by atoms with E-state index in [1.165, 1.54) is 0 Å². The van der Waals surface area contributed by atoms with Gasteiger partial charge in [-0.1, -0.05) is 18.2 Å². The molecule has 0 amide bonds. The van der Waals surface area contributed by atoms with Gasteiger partial charge in [0.2, 0.25) is 0 Å². The summed E-state index contributed by atoms with van der Waals surface area (Å²) in [5.41, 5.74) is 0. The summed E-state index contributed by atoms with van der Waals surface area (Å²) in [6.07, 6.45) is 0. The molecular weight excluding hydrogens is 260 g/mol. The molecule has 0 heterocycles. The minimum absolute atomic E-state index is 0.288. The Balaban J connectivity index is 1.81. The molecule has 0 aliphatic heterocycles. The van der Waals surface area contributed by atoms with Gasteiger partial charge in [-0.25, -0.2) is 0 Å². The van der Waals surface area contributed by atoms with Crippen LogP contribution in [0.25, 0.3) is 0 Å². The van der Waals surface area contributed by atoms with Crippen molar-refractivity contribution in [3.05, 3.63) is 48.5 Å². The second-order valence-corrected chi connectivity index (χ2v) is 5.01. The number of methoxy groups -OCH3 is 1. The number of ether oxygens (including phenoxy) is 2. The van der Waals surface area contributed by atoms with Crippen LogP contribution in [0.2, 0.25) is 0 Å². The summed E-state index contributed by atoms with van der Waals surface area (Å²) in [4.78, 5) is 1.03. The molecule has 0 saturated carbocycles. The summed E-state index contributed by atoms with van der Waals surface area (Å²) in [7, 11) is 1.63. The van der Waals surface area contributed by atoms with Gasteiger partial charge in [0.15, 0.2) is 11.5 Å². The van der Waals surface area contributed by atoms with Crippen molar-refractivity contribution < 1.29 is 14.6 Å². The maximum Gasteiger partial charge on any atom is 0.161 e. The third kappa shape index (κ3) is 4.10. The Morgan fingerprint density at radius 2 is 1.84 bits per heavy atom. The lowest BCUT2D eigenvalue weighted by atomic mass is 10.3.